The number of benzene rings is 2. The van der Waals surface area contributed by atoms with Gasteiger partial charge in [-0.3, -0.25) is 0 Å². The molecule has 0 aromatic heterocycles. The van der Waals surface area contributed by atoms with Gasteiger partial charge in [-0.1, -0.05) is 68.8 Å². The highest BCUT2D eigenvalue weighted by Gasteiger charge is 2.21. The largest absolute Gasteiger partial charge is 0.391 e. The van der Waals surface area contributed by atoms with Crippen molar-refractivity contribution in [2.24, 2.45) is 11.7 Å². The van der Waals surface area contributed by atoms with Crippen LogP contribution in [0.4, 0.5) is 0 Å². The van der Waals surface area contributed by atoms with Gasteiger partial charge < -0.3 is 10.8 Å². The number of halogens is 1. The fourth-order valence-corrected chi connectivity index (χ4v) is 2.35. The molecule has 2 aromatic carbocycles. The zero-order valence-corrected chi connectivity index (χ0v) is 13.4. The Kier molecular flexibility index (Phi) is 6.90. The van der Waals surface area contributed by atoms with Crippen LogP contribution in [-0.2, 0) is 0 Å². The summed E-state index contributed by atoms with van der Waals surface area (Å²) in [5.41, 5.74) is 9.50. The fourth-order valence-electron chi connectivity index (χ4n) is 2.35. The number of hydrogen-bond donors (Lipinski definition) is 2. The highest BCUT2D eigenvalue weighted by atomic mass is 35.5. The first kappa shape index (κ1) is 17.7. The molecule has 21 heavy (non-hydrogen) atoms. The molecular formula is C18H24ClNO. The summed E-state index contributed by atoms with van der Waals surface area (Å²) in [5, 5.41) is 10.3. The van der Waals surface area contributed by atoms with E-state index in [-0.39, 0.29) is 24.4 Å². The van der Waals surface area contributed by atoms with Crippen LogP contribution in [0.25, 0.3) is 11.1 Å². The van der Waals surface area contributed by atoms with Crippen molar-refractivity contribution in [2.75, 3.05) is 0 Å². The number of hydrogen-bond acceptors (Lipinski definition) is 2. The van der Waals surface area contributed by atoms with Gasteiger partial charge in [0.2, 0.25) is 0 Å². The summed E-state index contributed by atoms with van der Waals surface area (Å²) in [4.78, 5) is 0. The number of rotatable bonds is 5. The molecular weight excluding hydrogens is 282 g/mol. The summed E-state index contributed by atoms with van der Waals surface area (Å²) >= 11 is 0. The third-order valence-electron chi connectivity index (χ3n) is 3.97. The Morgan fingerprint density at radius 2 is 1.62 bits per heavy atom. The molecule has 0 radical (unpaired) electrons. The van der Waals surface area contributed by atoms with Crippen LogP contribution < -0.4 is 5.73 Å². The molecule has 0 bridgehead atoms. The lowest BCUT2D eigenvalue weighted by Crippen LogP contribution is -2.31. The Morgan fingerprint density at radius 1 is 1.00 bits per heavy atom. The minimum atomic E-state index is -0.508. The topological polar surface area (TPSA) is 46.2 Å². The lowest BCUT2D eigenvalue weighted by Gasteiger charge is -2.24. The van der Waals surface area contributed by atoms with Crippen molar-refractivity contribution >= 4 is 12.4 Å². The summed E-state index contributed by atoms with van der Waals surface area (Å²) in [6.45, 7) is 4.10. The molecule has 0 saturated heterocycles. The third-order valence-corrected chi connectivity index (χ3v) is 3.97. The smallest absolute Gasteiger partial charge is 0.0758 e. The maximum atomic E-state index is 10.3. The Morgan fingerprint density at radius 3 is 2.24 bits per heavy atom. The molecule has 0 aliphatic carbocycles. The van der Waals surface area contributed by atoms with Crippen LogP contribution in [0, 0.1) is 5.92 Å². The minimum absolute atomic E-state index is 0. The summed E-state index contributed by atoms with van der Waals surface area (Å²) in [5.74, 6) is 0.199. The van der Waals surface area contributed by atoms with Crippen molar-refractivity contribution < 1.29 is 5.11 Å². The second-order valence-electron chi connectivity index (χ2n) is 5.39. The average molecular weight is 306 g/mol. The van der Waals surface area contributed by atoms with Crippen LogP contribution in [0.5, 0.6) is 0 Å². The summed E-state index contributed by atoms with van der Waals surface area (Å²) in [6, 6.07) is 18.0. The quantitative estimate of drug-likeness (QED) is 0.870. The van der Waals surface area contributed by atoms with Gasteiger partial charge in [0, 0.05) is 0 Å². The third kappa shape index (κ3) is 4.31. The van der Waals surface area contributed by atoms with Crippen LogP contribution in [0.15, 0.2) is 54.6 Å². The molecule has 2 rings (SSSR count). The van der Waals surface area contributed by atoms with Gasteiger partial charge in [0.15, 0.2) is 0 Å². The van der Waals surface area contributed by atoms with E-state index in [0.717, 1.165) is 17.5 Å². The van der Waals surface area contributed by atoms with Crippen molar-refractivity contribution in [3.05, 3.63) is 60.2 Å². The van der Waals surface area contributed by atoms with Crippen LogP contribution in [-0.4, -0.2) is 11.2 Å². The number of nitrogens with two attached hydrogens (primary N) is 1. The molecule has 114 valence electrons. The molecule has 0 heterocycles. The Labute approximate surface area is 133 Å². The lowest BCUT2D eigenvalue weighted by atomic mass is 9.90. The van der Waals surface area contributed by atoms with E-state index in [4.69, 9.17) is 5.73 Å². The predicted octanol–water partition coefficient (Wildman–Crippen LogP) is 4.18. The second kappa shape index (κ2) is 8.18. The zero-order valence-electron chi connectivity index (χ0n) is 12.6. The first-order valence-electron chi connectivity index (χ1n) is 7.22. The molecule has 0 aliphatic rings. The predicted molar refractivity (Wildman–Crippen MR) is 91.5 cm³/mol. The molecule has 0 saturated carbocycles. The molecule has 0 aliphatic heterocycles. The van der Waals surface area contributed by atoms with Crippen molar-refractivity contribution in [2.45, 2.75) is 32.4 Å². The number of aliphatic hydroxyl groups excluding tert-OH is 1. The van der Waals surface area contributed by atoms with E-state index in [9.17, 15) is 5.11 Å². The van der Waals surface area contributed by atoms with Gasteiger partial charge in [-0.15, -0.1) is 12.4 Å². The molecule has 2 aromatic rings. The summed E-state index contributed by atoms with van der Waals surface area (Å²) in [7, 11) is 0. The van der Waals surface area contributed by atoms with Gasteiger partial charge in [0.25, 0.3) is 0 Å². The lowest BCUT2D eigenvalue weighted by molar-refractivity contribution is 0.0880. The fraction of sp³-hybridized carbons (Fsp3) is 0.333. The maximum absolute atomic E-state index is 10.3. The summed E-state index contributed by atoms with van der Waals surface area (Å²) < 4.78 is 0. The van der Waals surface area contributed by atoms with E-state index < -0.39 is 6.10 Å². The SMILES string of the molecule is CCC(C)[C@H](O)[C@H](N)c1cccc(-c2ccccc2)c1.Cl. The van der Waals surface area contributed by atoms with Gasteiger partial charge in [-0.25, -0.2) is 0 Å². The zero-order chi connectivity index (χ0) is 14.5. The first-order valence-corrected chi connectivity index (χ1v) is 7.22. The van der Waals surface area contributed by atoms with Crippen molar-refractivity contribution in [1.29, 1.82) is 0 Å². The Bertz CT molecular complexity index is 544. The highest BCUT2D eigenvalue weighted by Crippen LogP contribution is 2.26. The molecule has 0 spiro atoms. The van der Waals surface area contributed by atoms with Gasteiger partial charge >= 0.3 is 0 Å². The maximum Gasteiger partial charge on any atom is 0.0758 e. The summed E-state index contributed by atoms with van der Waals surface area (Å²) in [6.07, 6.45) is 0.416. The van der Waals surface area contributed by atoms with E-state index in [1.54, 1.807) is 0 Å². The van der Waals surface area contributed by atoms with Crippen LogP contribution >= 0.6 is 12.4 Å². The van der Waals surface area contributed by atoms with E-state index in [1.165, 1.54) is 5.56 Å². The van der Waals surface area contributed by atoms with Crippen molar-refractivity contribution in [3.8, 4) is 11.1 Å². The molecule has 1 unspecified atom stereocenters. The molecule has 3 heteroatoms. The minimum Gasteiger partial charge on any atom is -0.391 e. The molecule has 0 fully saturated rings. The molecule has 3 N–H and O–H groups in total. The van der Waals surface area contributed by atoms with Gasteiger partial charge in [-0.2, -0.15) is 0 Å². The van der Waals surface area contributed by atoms with Gasteiger partial charge in [0.05, 0.1) is 12.1 Å². The Hall–Kier alpha value is -1.35. The average Bonchev–Trinajstić information content (AvgIpc) is 2.53. The van der Waals surface area contributed by atoms with Crippen molar-refractivity contribution in [1.82, 2.24) is 0 Å². The monoisotopic (exact) mass is 305 g/mol. The van der Waals surface area contributed by atoms with E-state index in [1.807, 2.05) is 37.3 Å². The molecule has 0 amide bonds. The van der Waals surface area contributed by atoms with Crippen molar-refractivity contribution in [3.63, 3.8) is 0 Å². The van der Waals surface area contributed by atoms with Crippen LogP contribution in [0.1, 0.15) is 31.9 Å². The molecule has 3 atom stereocenters. The van der Waals surface area contributed by atoms with Gasteiger partial charge in [-0.05, 0) is 28.7 Å². The molecule has 2 nitrogen and oxygen atoms in total. The van der Waals surface area contributed by atoms with Crippen LogP contribution in [0.3, 0.4) is 0 Å². The first-order chi connectivity index (χ1) is 9.63. The second-order valence-corrected chi connectivity index (χ2v) is 5.39. The Balaban J connectivity index is 0.00000220. The van der Waals surface area contributed by atoms with E-state index >= 15 is 0 Å². The standard InChI is InChI=1S/C18H23NO.ClH/c1-3-13(2)18(20)17(19)16-11-7-10-15(12-16)14-8-5-4-6-9-14;/h4-13,17-18,20H,3,19H2,1-2H3;1H/t13?,17-,18+;/m1./s1. The van der Waals surface area contributed by atoms with Crippen LogP contribution in [0.2, 0.25) is 0 Å². The normalized spacial score (nSPS) is 14.9. The van der Waals surface area contributed by atoms with E-state index in [0.29, 0.717) is 0 Å². The highest BCUT2D eigenvalue weighted by molar-refractivity contribution is 5.85. The number of aliphatic hydroxyl groups is 1. The van der Waals surface area contributed by atoms with Gasteiger partial charge in [0.1, 0.15) is 0 Å². The van der Waals surface area contributed by atoms with E-state index in [2.05, 4.69) is 31.2 Å².